The molecule has 2 amide bonds. The second kappa shape index (κ2) is 7.56. The molecule has 0 rings (SSSR count). The third-order valence-corrected chi connectivity index (χ3v) is 2.81. The van der Waals surface area contributed by atoms with E-state index in [0.29, 0.717) is 12.8 Å². The molecule has 0 radical (unpaired) electrons. The van der Waals surface area contributed by atoms with E-state index < -0.39 is 23.3 Å². The van der Waals surface area contributed by atoms with Gasteiger partial charge >= 0.3 is 5.97 Å². The zero-order valence-corrected chi connectivity index (χ0v) is 11.7. The van der Waals surface area contributed by atoms with Crippen LogP contribution in [0.3, 0.4) is 0 Å². The van der Waals surface area contributed by atoms with Gasteiger partial charge in [0.1, 0.15) is 5.54 Å². The molecule has 0 saturated heterocycles. The Hall–Kier alpha value is -1.85. The lowest BCUT2D eigenvalue weighted by molar-refractivity contribution is -0.142. The van der Waals surface area contributed by atoms with Crippen molar-refractivity contribution >= 4 is 17.8 Å². The Morgan fingerprint density at radius 1 is 1.37 bits per heavy atom. The average molecular weight is 270 g/mol. The zero-order chi connectivity index (χ0) is 15.1. The van der Waals surface area contributed by atoms with Gasteiger partial charge < -0.3 is 15.7 Å². The Kier molecular flexibility index (Phi) is 6.82. The standard InChI is InChI=1S/C13H22N2O4/c1-5-9(11(17)18)7-8-14-12(19)13(3,4)15-10(16)6-2/h6,9H,2,5,7-8H2,1,3-4H3,(H,14,19)(H,15,16)(H,17,18). The fraction of sp³-hybridized carbons (Fsp3) is 0.615. The Labute approximate surface area is 113 Å². The molecule has 19 heavy (non-hydrogen) atoms. The van der Waals surface area contributed by atoms with Crippen LogP contribution >= 0.6 is 0 Å². The van der Waals surface area contributed by atoms with Gasteiger partial charge in [0.25, 0.3) is 0 Å². The number of hydrogen-bond donors (Lipinski definition) is 3. The second-order valence-corrected chi connectivity index (χ2v) is 4.81. The van der Waals surface area contributed by atoms with E-state index in [9.17, 15) is 14.4 Å². The minimum atomic E-state index is -1.06. The largest absolute Gasteiger partial charge is 0.481 e. The fourth-order valence-electron chi connectivity index (χ4n) is 1.50. The van der Waals surface area contributed by atoms with Gasteiger partial charge in [-0.05, 0) is 32.8 Å². The van der Waals surface area contributed by atoms with Crippen molar-refractivity contribution < 1.29 is 19.5 Å². The molecule has 0 aliphatic rings. The highest BCUT2D eigenvalue weighted by molar-refractivity contribution is 5.94. The molecule has 0 saturated carbocycles. The number of hydrogen-bond acceptors (Lipinski definition) is 3. The van der Waals surface area contributed by atoms with Crippen LogP contribution in [0, 0.1) is 5.92 Å². The smallest absolute Gasteiger partial charge is 0.306 e. The molecule has 6 heteroatoms. The number of carbonyl (C=O) groups is 3. The van der Waals surface area contributed by atoms with Crippen molar-refractivity contribution in [2.75, 3.05) is 6.54 Å². The van der Waals surface area contributed by atoms with Crippen LogP contribution in [0.25, 0.3) is 0 Å². The summed E-state index contributed by atoms with van der Waals surface area (Å²) in [6.07, 6.45) is 1.97. The molecule has 0 aliphatic heterocycles. The normalized spacial score (nSPS) is 12.4. The van der Waals surface area contributed by atoms with Crippen molar-refractivity contribution in [2.45, 2.75) is 39.2 Å². The third kappa shape index (κ3) is 6.03. The van der Waals surface area contributed by atoms with Crippen LogP contribution in [0.2, 0.25) is 0 Å². The molecule has 0 heterocycles. The Balaban J connectivity index is 4.26. The summed E-state index contributed by atoms with van der Waals surface area (Å²) in [5, 5.41) is 14.0. The number of carboxylic acid groups (broad SMARTS) is 1. The third-order valence-electron chi connectivity index (χ3n) is 2.81. The molecule has 0 aliphatic carbocycles. The summed E-state index contributed by atoms with van der Waals surface area (Å²) in [6.45, 7) is 8.49. The van der Waals surface area contributed by atoms with Crippen molar-refractivity contribution in [1.29, 1.82) is 0 Å². The molecule has 0 aromatic heterocycles. The van der Waals surface area contributed by atoms with Crippen molar-refractivity contribution in [3.63, 3.8) is 0 Å². The van der Waals surface area contributed by atoms with E-state index in [-0.39, 0.29) is 12.5 Å². The fourth-order valence-corrected chi connectivity index (χ4v) is 1.50. The number of carboxylic acids is 1. The predicted molar refractivity (Wildman–Crippen MR) is 71.5 cm³/mol. The number of carbonyl (C=O) groups excluding carboxylic acids is 2. The van der Waals surface area contributed by atoms with Gasteiger partial charge in [-0.2, -0.15) is 0 Å². The van der Waals surface area contributed by atoms with Crippen LogP contribution in [0.5, 0.6) is 0 Å². The maximum absolute atomic E-state index is 11.8. The summed E-state index contributed by atoms with van der Waals surface area (Å²) < 4.78 is 0. The predicted octanol–water partition coefficient (Wildman–Crippen LogP) is 0.684. The minimum absolute atomic E-state index is 0.261. The lowest BCUT2D eigenvalue weighted by Gasteiger charge is -2.24. The summed E-state index contributed by atoms with van der Waals surface area (Å²) in [4.78, 5) is 33.8. The lowest BCUT2D eigenvalue weighted by atomic mass is 10.0. The zero-order valence-electron chi connectivity index (χ0n) is 11.7. The summed E-state index contributed by atoms with van der Waals surface area (Å²) in [6, 6.07) is 0. The Morgan fingerprint density at radius 2 is 1.95 bits per heavy atom. The van der Waals surface area contributed by atoms with E-state index in [2.05, 4.69) is 17.2 Å². The van der Waals surface area contributed by atoms with Gasteiger partial charge in [-0.25, -0.2) is 0 Å². The highest BCUT2D eigenvalue weighted by Gasteiger charge is 2.28. The van der Waals surface area contributed by atoms with E-state index in [1.165, 1.54) is 0 Å². The summed E-state index contributed by atoms with van der Waals surface area (Å²) in [7, 11) is 0. The number of amides is 2. The van der Waals surface area contributed by atoms with Crippen LogP contribution in [-0.4, -0.2) is 35.0 Å². The van der Waals surface area contributed by atoms with Gasteiger partial charge in [0.05, 0.1) is 5.92 Å². The first kappa shape index (κ1) is 17.2. The highest BCUT2D eigenvalue weighted by atomic mass is 16.4. The number of nitrogens with one attached hydrogen (secondary N) is 2. The summed E-state index contributed by atoms with van der Waals surface area (Å²) in [5.74, 6) is -2.12. The van der Waals surface area contributed by atoms with Crippen LogP contribution in [0.4, 0.5) is 0 Å². The molecule has 0 aromatic carbocycles. The maximum Gasteiger partial charge on any atom is 0.306 e. The molecule has 0 spiro atoms. The van der Waals surface area contributed by atoms with E-state index in [4.69, 9.17) is 5.11 Å². The Bertz CT molecular complexity index is 364. The van der Waals surface area contributed by atoms with Crippen LogP contribution in [0.15, 0.2) is 12.7 Å². The molecule has 0 aromatic rings. The van der Waals surface area contributed by atoms with Gasteiger partial charge in [0.2, 0.25) is 11.8 Å². The van der Waals surface area contributed by atoms with E-state index >= 15 is 0 Å². The van der Waals surface area contributed by atoms with Gasteiger partial charge in [0.15, 0.2) is 0 Å². The maximum atomic E-state index is 11.8. The van der Waals surface area contributed by atoms with Gasteiger partial charge in [-0.15, -0.1) is 0 Å². The van der Waals surface area contributed by atoms with Crippen molar-refractivity contribution in [3.05, 3.63) is 12.7 Å². The van der Waals surface area contributed by atoms with Crippen molar-refractivity contribution in [1.82, 2.24) is 10.6 Å². The van der Waals surface area contributed by atoms with Gasteiger partial charge in [-0.3, -0.25) is 14.4 Å². The van der Waals surface area contributed by atoms with E-state index in [1.807, 2.05) is 0 Å². The van der Waals surface area contributed by atoms with Gasteiger partial charge in [0, 0.05) is 6.54 Å². The van der Waals surface area contributed by atoms with E-state index in [1.54, 1.807) is 20.8 Å². The molecule has 3 N–H and O–H groups in total. The quantitative estimate of drug-likeness (QED) is 0.565. The average Bonchev–Trinajstić information content (AvgIpc) is 2.33. The molecule has 0 bridgehead atoms. The topological polar surface area (TPSA) is 95.5 Å². The number of aliphatic carboxylic acids is 1. The molecular weight excluding hydrogens is 248 g/mol. The summed E-state index contributed by atoms with van der Waals surface area (Å²) in [5.41, 5.74) is -1.06. The molecule has 108 valence electrons. The van der Waals surface area contributed by atoms with E-state index in [0.717, 1.165) is 6.08 Å². The minimum Gasteiger partial charge on any atom is -0.481 e. The first-order valence-electron chi connectivity index (χ1n) is 6.20. The van der Waals surface area contributed by atoms with Gasteiger partial charge in [-0.1, -0.05) is 13.5 Å². The van der Waals surface area contributed by atoms with Crippen LogP contribution in [-0.2, 0) is 14.4 Å². The monoisotopic (exact) mass is 270 g/mol. The van der Waals surface area contributed by atoms with Crippen LogP contribution < -0.4 is 10.6 Å². The van der Waals surface area contributed by atoms with Crippen LogP contribution in [0.1, 0.15) is 33.6 Å². The summed E-state index contributed by atoms with van der Waals surface area (Å²) >= 11 is 0. The molecule has 6 nitrogen and oxygen atoms in total. The second-order valence-electron chi connectivity index (χ2n) is 4.81. The first-order valence-corrected chi connectivity index (χ1v) is 6.20. The molecular formula is C13H22N2O4. The molecule has 0 fully saturated rings. The SMILES string of the molecule is C=CC(=O)NC(C)(C)C(=O)NCCC(CC)C(=O)O. The van der Waals surface area contributed by atoms with Crippen molar-refractivity contribution in [2.24, 2.45) is 5.92 Å². The first-order chi connectivity index (χ1) is 8.74. The van der Waals surface area contributed by atoms with Crippen molar-refractivity contribution in [3.8, 4) is 0 Å². The molecule has 1 atom stereocenters. The molecule has 1 unspecified atom stereocenters. The highest BCUT2D eigenvalue weighted by Crippen LogP contribution is 2.08. The lowest BCUT2D eigenvalue weighted by Crippen LogP contribution is -2.54. The Morgan fingerprint density at radius 3 is 2.37 bits per heavy atom. The number of rotatable bonds is 8.